The first-order valence-electron chi connectivity index (χ1n) is 8.28. The van der Waals surface area contributed by atoms with E-state index in [1.54, 1.807) is 6.92 Å². The second-order valence-corrected chi connectivity index (χ2v) is 6.08. The zero-order valence-corrected chi connectivity index (χ0v) is 15.7. The molecule has 0 unspecified atom stereocenters. The maximum atomic E-state index is 12.3. The van der Waals surface area contributed by atoms with Crippen LogP contribution in [0.4, 0.5) is 13.2 Å². The lowest BCUT2D eigenvalue weighted by atomic mass is 10.1. The van der Waals surface area contributed by atoms with Gasteiger partial charge in [-0.25, -0.2) is 24.0 Å². The maximum absolute atomic E-state index is 12.3. The van der Waals surface area contributed by atoms with Crippen LogP contribution in [-0.2, 0) is 6.18 Å². The molecule has 9 nitrogen and oxygen atoms in total. The number of benzene rings is 1. The predicted molar refractivity (Wildman–Crippen MR) is 98.4 cm³/mol. The van der Waals surface area contributed by atoms with Crippen molar-refractivity contribution in [2.75, 3.05) is 0 Å². The number of halogens is 3. The molecule has 0 radical (unpaired) electrons. The van der Waals surface area contributed by atoms with Gasteiger partial charge in [0.2, 0.25) is 0 Å². The summed E-state index contributed by atoms with van der Waals surface area (Å²) in [7, 11) is 0. The van der Waals surface area contributed by atoms with Crippen molar-refractivity contribution in [3.05, 3.63) is 76.9 Å². The first kappa shape index (κ1) is 23.1. The third-order valence-electron chi connectivity index (χ3n) is 3.70. The van der Waals surface area contributed by atoms with Gasteiger partial charge in [0.05, 0.1) is 34.8 Å². The first-order valence-corrected chi connectivity index (χ1v) is 8.28. The highest BCUT2D eigenvalue weighted by Crippen LogP contribution is 2.27. The van der Waals surface area contributed by atoms with E-state index >= 15 is 0 Å². The molecule has 0 fully saturated rings. The maximum Gasteiger partial charge on any atom is 0.433 e. The lowest BCUT2D eigenvalue weighted by Gasteiger charge is -2.06. The SMILES string of the molecule is Cc1cc(C(=O)O)cc(C(=O)O)c1.O=C(O)c1cnn(-c2ccc(C(F)(F)F)nc2)c1. The Bertz CT molecular complexity index is 1090. The molecule has 162 valence electrons. The molecule has 0 aliphatic carbocycles. The molecule has 0 bridgehead atoms. The predicted octanol–water partition coefficient (Wildman–Crippen LogP) is 3.38. The monoisotopic (exact) mass is 437 g/mol. The summed E-state index contributed by atoms with van der Waals surface area (Å²) in [5, 5.41) is 29.6. The van der Waals surface area contributed by atoms with E-state index < -0.39 is 29.8 Å². The molecule has 0 spiro atoms. The second-order valence-electron chi connectivity index (χ2n) is 6.08. The highest BCUT2D eigenvalue weighted by Gasteiger charge is 2.32. The Balaban J connectivity index is 0.000000233. The minimum absolute atomic E-state index is 0.00241. The zero-order valence-electron chi connectivity index (χ0n) is 15.7. The third-order valence-corrected chi connectivity index (χ3v) is 3.70. The Kier molecular flexibility index (Phi) is 6.75. The van der Waals surface area contributed by atoms with Gasteiger partial charge in [0.15, 0.2) is 0 Å². The summed E-state index contributed by atoms with van der Waals surface area (Å²) in [5.74, 6) is -3.40. The Hall–Kier alpha value is -4.22. The van der Waals surface area contributed by atoms with Crippen molar-refractivity contribution in [1.29, 1.82) is 0 Å². The zero-order chi connectivity index (χ0) is 23.3. The van der Waals surface area contributed by atoms with Crippen LogP contribution in [0.25, 0.3) is 5.69 Å². The number of hydrogen-bond acceptors (Lipinski definition) is 5. The molecule has 3 N–H and O–H groups in total. The molecule has 0 aliphatic heterocycles. The Morgan fingerprint density at radius 1 is 0.871 bits per heavy atom. The van der Waals surface area contributed by atoms with Gasteiger partial charge in [-0.1, -0.05) is 0 Å². The molecule has 2 heterocycles. The number of carbonyl (C=O) groups is 3. The van der Waals surface area contributed by atoms with E-state index in [2.05, 4.69) is 10.1 Å². The summed E-state index contributed by atoms with van der Waals surface area (Å²) >= 11 is 0. The van der Waals surface area contributed by atoms with Gasteiger partial charge in [-0.05, 0) is 42.8 Å². The fourth-order valence-corrected chi connectivity index (χ4v) is 2.29. The van der Waals surface area contributed by atoms with Crippen molar-refractivity contribution >= 4 is 17.9 Å². The fraction of sp³-hybridized carbons (Fsp3) is 0.105. The van der Waals surface area contributed by atoms with Gasteiger partial charge in [0, 0.05) is 6.20 Å². The van der Waals surface area contributed by atoms with E-state index in [9.17, 15) is 27.6 Å². The summed E-state index contributed by atoms with van der Waals surface area (Å²) < 4.78 is 37.9. The molecular formula is C19H14F3N3O6. The number of aromatic nitrogens is 3. The molecule has 2 aromatic heterocycles. The summed E-state index contributed by atoms with van der Waals surface area (Å²) in [6.45, 7) is 1.65. The number of carboxylic acids is 3. The van der Waals surface area contributed by atoms with Crippen LogP contribution in [0.1, 0.15) is 42.3 Å². The molecule has 12 heteroatoms. The standard InChI is InChI=1S/C10H6F3N3O2.C9H8O4/c11-10(12,13)8-2-1-7(4-14-8)16-5-6(3-15-16)9(17)18;1-5-2-6(8(10)11)4-7(3-5)9(12)13/h1-5H,(H,17,18);2-4H,1H3,(H,10,11)(H,12,13). The number of carboxylic acid groups (broad SMARTS) is 3. The molecule has 3 aromatic rings. The Morgan fingerprint density at radius 3 is 1.81 bits per heavy atom. The smallest absolute Gasteiger partial charge is 0.433 e. The molecule has 1 aromatic carbocycles. The van der Waals surface area contributed by atoms with E-state index in [0.29, 0.717) is 5.56 Å². The van der Waals surface area contributed by atoms with Crippen LogP contribution >= 0.6 is 0 Å². The fourth-order valence-electron chi connectivity index (χ4n) is 2.29. The largest absolute Gasteiger partial charge is 0.478 e. The molecule has 3 rings (SSSR count). The number of hydrogen-bond donors (Lipinski definition) is 3. The van der Waals surface area contributed by atoms with Gasteiger partial charge < -0.3 is 15.3 Å². The summed E-state index contributed by atoms with van der Waals surface area (Å²) in [6, 6.07) is 5.95. The van der Waals surface area contributed by atoms with Gasteiger partial charge in [-0.3, -0.25) is 0 Å². The number of aromatic carboxylic acids is 3. The van der Waals surface area contributed by atoms with Crippen LogP contribution in [0, 0.1) is 6.92 Å². The topological polar surface area (TPSA) is 143 Å². The highest BCUT2D eigenvalue weighted by molar-refractivity contribution is 5.94. The minimum Gasteiger partial charge on any atom is -0.478 e. The van der Waals surface area contributed by atoms with Gasteiger partial charge >= 0.3 is 24.1 Å². The summed E-state index contributed by atoms with van der Waals surface area (Å²) in [6.07, 6.45) is -1.25. The van der Waals surface area contributed by atoms with Gasteiger partial charge in [0.25, 0.3) is 0 Å². The third kappa shape index (κ3) is 6.13. The van der Waals surface area contributed by atoms with E-state index in [0.717, 1.165) is 35.3 Å². The van der Waals surface area contributed by atoms with Crippen LogP contribution < -0.4 is 0 Å². The molecule has 0 saturated heterocycles. The van der Waals surface area contributed by atoms with Crippen molar-refractivity contribution in [2.24, 2.45) is 0 Å². The minimum atomic E-state index is -4.51. The lowest BCUT2D eigenvalue weighted by Crippen LogP contribution is -2.08. The Labute approximate surface area is 172 Å². The molecular weight excluding hydrogens is 423 g/mol. The van der Waals surface area contributed by atoms with E-state index in [1.165, 1.54) is 18.3 Å². The quantitative estimate of drug-likeness (QED) is 0.564. The number of aryl methyl sites for hydroxylation is 1. The van der Waals surface area contributed by atoms with Gasteiger partial charge in [-0.15, -0.1) is 0 Å². The van der Waals surface area contributed by atoms with Gasteiger partial charge in [0.1, 0.15) is 5.69 Å². The summed E-state index contributed by atoms with van der Waals surface area (Å²) in [5.41, 5.74) is -0.214. The molecule has 0 saturated carbocycles. The first-order chi connectivity index (χ1) is 14.4. The van der Waals surface area contributed by atoms with Crippen LogP contribution in [0.5, 0.6) is 0 Å². The van der Waals surface area contributed by atoms with Crippen LogP contribution in [0.3, 0.4) is 0 Å². The van der Waals surface area contributed by atoms with Crippen LogP contribution in [0.2, 0.25) is 0 Å². The molecule has 0 aliphatic rings. The molecule has 0 atom stereocenters. The van der Waals surface area contributed by atoms with E-state index in [-0.39, 0.29) is 22.4 Å². The highest BCUT2D eigenvalue weighted by atomic mass is 19.4. The molecule has 31 heavy (non-hydrogen) atoms. The number of alkyl halides is 3. The van der Waals surface area contributed by atoms with Crippen molar-refractivity contribution in [2.45, 2.75) is 13.1 Å². The van der Waals surface area contributed by atoms with Crippen molar-refractivity contribution < 1.29 is 42.9 Å². The Morgan fingerprint density at radius 2 is 1.42 bits per heavy atom. The van der Waals surface area contributed by atoms with Crippen molar-refractivity contribution in [3.63, 3.8) is 0 Å². The normalized spacial score (nSPS) is 10.7. The lowest BCUT2D eigenvalue weighted by molar-refractivity contribution is -0.141. The van der Waals surface area contributed by atoms with E-state index in [4.69, 9.17) is 15.3 Å². The number of pyridine rings is 1. The average Bonchev–Trinajstić information content (AvgIpc) is 3.18. The number of nitrogens with zero attached hydrogens (tertiary/aromatic N) is 3. The van der Waals surface area contributed by atoms with Crippen LogP contribution in [-0.4, -0.2) is 48.0 Å². The molecule has 0 amide bonds. The average molecular weight is 437 g/mol. The second kappa shape index (κ2) is 9.07. The van der Waals surface area contributed by atoms with E-state index in [1.807, 2.05) is 0 Å². The van der Waals surface area contributed by atoms with Crippen LogP contribution in [0.15, 0.2) is 48.9 Å². The van der Waals surface area contributed by atoms with Gasteiger partial charge in [-0.2, -0.15) is 18.3 Å². The summed E-state index contributed by atoms with van der Waals surface area (Å²) in [4.78, 5) is 34.9. The van der Waals surface area contributed by atoms with Crippen molar-refractivity contribution in [3.8, 4) is 5.69 Å². The number of rotatable bonds is 4. The van der Waals surface area contributed by atoms with Crippen molar-refractivity contribution in [1.82, 2.24) is 14.8 Å².